The van der Waals surface area contributed by atoms with E-state index >= 15 is 0 Å². The molecule has 1 unspecified atom stereocenters. The van der Waals surface area contributed by atoms with Crippen molar-refractivity contribution in [1.29, 1.82) is 0 Å². The number of hydrogen-bond acceptors (Lipinski definition) is 6. The summed E-state index contributed by atoms with van der Waals surface area (Å²) < 4.78 is 25.7. The Morgan fingerprint density at radius 3 is 2.41 bits per heavy atom. The van der Waals surface area contributed by atoms with Crippen LogP contribution in [0.15, 0.2) is 24.3 Å². The van der Waals surface area contributed by atoms with Crippen molar-refractivity contribution in [3.05, 3.63) is 41.2 Å². The Balaban J connectivity index is 1.33. The fraction of sp³-hybridized carbons (Fsp3) is 0.565. The lowest BCUT2D eigenvalue weighted by molar-refractivity contribution is -0.117. The first kappa shape index (κ1) is 22.8. The zero-order valence-corrected chi connectivity index (χ0v) is 20.0. The van der Waals surface area contributed by atoms with Crippen LogP contribution in [-0.4, -0.2) is 73.2 Å². The van der Waals surface area contributed by atoms with Gasteiger partial charge in [0.05, 0.1) is 41.2 Å². The lowest BCUT2D eigenvalue weighted by Crippen LogP contribution is -2.49. The number of nitrogens with one attached hydrogen (secondary N) is 1. The number of carbonyl (C=O) groups is 1. The lowest BCUT2D eigenvalue weighted by atomic mass is 10.1. The highest BCUT2D eigenvalue weighted by Gasteiger charge is 2.32. The van der Waals surface area contributed by atoms with Crippen LogP contribution in [0.5, 0.6) is 0 Å². The van der Waals surface area contributed by atoms with Gasteiger partial charge in [-0.2, -0.15) is 5.10 Å². The van der Waals surface area contributed by atoms with Crippen molar-refractivity contribution in [2.45, 2.75) is 39.7 Å². The number of hydrogen-bond donors (Lipinski definition) is 1. The molecule has 9 heteroatoms. The van der Waals surface area contributed by atoms with Gasteiger partial charge in [0.15, 0.2) is 9.84 Å². The van der Waals surface area contributed by atoms with Gasteiger partial charge >= 0.3 is 0 Å². The molecule has 1 aromatic carbocycles. The smallest absolute Gasteiger partial charge is 0.238 e. The highest BCUT2D eigenvalue weighted by Crippen LogP contribution is 2.31. The first-order chi connectivity index (χ1) is 15.3. The third-order valence-electron chi connectivity index (χ3n) is 6.54. The molecule has 174 valence electrons. The molecule has 0 aliphatic carbocycles. The summed E-state index contributed by atoms with van der Waals surface area (Å²) in [7, 11) is -2.95. The van der Waals surface area contributed by atoms with E-state index in [1.807, 2.05) is 42.8 Å². The summed E-state index contributed by atoms with van der Waals surface area (Å²) in [5.74, 6) is 0.429. The number of anilines is 2. The van der Waals surface area contributed by atoms with Gasteiger partial charge < -0.3 is 10.2 Å². The Morgan fingerprint density at radius 1 is 1.12 bits per heavy atom. The van der Waals surface area contributed by atoms with Gasteiger partial charge in [-0.15, -0.1) is 0 Å². The van der Waals surface area contributed by atoms with Crippen LogP contribution in [0.2, 0.25) is 0 Å². The van der Waals surface area contributed by atoms with Crippen LogP contribution in [0.25, 0.3) is 0 Å². The Kier molecular flexibility index (Phi) is 6.57. The number of piperazine rings is 1. The quantitative estimate of drug-likeness (QED) is 0.713. The van der Waals surface area contributed by atoms with Crippen molar-refractivity contribution in [1.82, 2.24) is 14.7 Å². The number of rotatable bonds is 6. The van der Waals surface area contributed by atoms with Gasteiger partial charge in [-0.1, -0.05) is 19.1 Å². The summed E-state index contributed by atoms with van der Waals surface area (Å²) in [6, 6.07) is 7.92. The first-order valence-corrected chi connectivity index (χ1v) is 13.2. The van der Waals surface area contributed by atoms with Gasteiger partial charge in [0.1, 0.15) is 0 Å². The summed E-state index contributed by atoms with van der Waals surface area (Å²) in [5.41, 5.74) is 5.16. The van der Waals surface area contributed by atoms with Crippen LogP contribution in [0.4, 0.5) is 11.4 Å². The minimum absolute atomic E-state index is 0.00493. The number of benzene rings is 1. The highest BCUT2D eigenvalue weighted by molar-refractivity contribution is 7.91. The molecule has 1 aromatic heterocycles. The van der Waals surface area contributed by atoms with E-state index in [0.29, 0.717) is 13.0 Å². The van der Waals surface area contributed by atoms with E-state index < -0.39 is 9.84 Å². The van der Waals surface area contributed by atoms with Crippen LogP contribution < -0.4 is 10.2 Å². The molecular formula is C23H33N5O3S. The van der Waals surface area contributed by atoms with Crippen LogP contribution in [-0.2, 0) is 21.1 Å². The van der Waals surface area contributed by atoms with Crippen LogP contribution in [0.3, 0.4) is 0 Å². The van der Waals surface area contributed by atoms with Crippen LogP contribution in [0.1, 0.15) is 36.3 Å². The van der Waals surface area contributed by atoms with E-state index in [-0.39, 0.29) is 23.5 Å². The average molecular weight is 460 g/mol. The van der Waals surface area contributed by atoms with Gasteiger partial charge in [0, 0.05) is 31.9 Å². The van der Waals surface area contributed by atoms with Crippen molar-refractivity contribution in [2.75, 3.05) is 54.4 Å². The predicted molar refractivity (Wildman–Crippen MR) is 127 cm³/mol. The first-order valence-electron chi connectivity index (χ1n) is 11.4. The molecule has 4 rings (SSSR count). The molecule has 1 N–H and O–H groups in total. The number of aryl methyl sites for hydroxylation is 2. The maximum absolute atomic E-state index is 12.5. The van der Waals surface area contributed by atoms with E-state index in [0.717, 1.165) is 55.4 Å². The van der Waals surface area contributed by atoms with Gasteiger partial charge in [-0.05, 0) is 44.4 Å². The number of carbonyl (C=O) groups excluding carboxylic acids is 1. The number of aromatic nitrogens is 2. The molecule has 0 spiro atoms. The minimum atomic E-state index is -2.95. The topological polar surface area (TPSA) is 87.5 Å². The van der Waals surface area contributed by atoms with E-state index in [9.17, 15) is 13.2 Å². The normalized spacial score (nSPS) is 21.1. The van der Waals surface area contributed by atoms with E-state index in [1.54, 1.807) is 0 Å². The summed E-state index contributed by atoms with van der Waals surface area (Å²) in [4.78, 5) is 17.0. The van der Waals surface area contributed by atoms with Gasteiger partial charge in [-0.3, -0.25) is 14.4 Å². The average Bonchev–Trinajstić information content (AvgIpc) is 3.27. The summed E-state index contributed by atoms with van der Waals surface area (Å²) in [6.45, 7) is 9.73. The molecule has 2 fully saturated rings. The third-order valence-corrected chi connectivity index (χ3v) is 8.29. The summed E-state index contributed by atoms with van der Waals surface area (Å²) in [5, 5.41) is 7.68. The molecule has 32 heavy (non-hydrogen) atoms. The maximum Gasteiger partial charge on any atom is 0.238 e. The van der Waals surface area contributed by atoms with Crippen molar-refractivity contribution >= 4 is 27.1 Å². The molecule has 3 heterocycles. The second kappa shape index (κ2) is 9.23. The Morgan fingerprint density at radius 2 is 1.81 bits per heavy atom. The van der Waals surface area contributed by atoms with Crippen molar-refractivity contribution < 1.29 is 13.2 Å². The third kappa shape index (κ3) is 4.99. The number of nitrogens with zero attached hydrogens (tertiary/aromatic N) is 4. The molecule has 0 saturated carbocycles. The molecule has 0 bridgehead atoms. The molecule has 8 nitrogen and oxygen atoms in total. The van der Waals surface area contributed by atoms with Crippen LogP contribution in [0, 0.1) is 13.8 Å². The Hall–Kier alpha value is -2.39. The highest BCUT2D eigenvalue weighted by atomic mass is 32.2. The zero-order valence-electron chi connectivity index (χ0n) is 19.2. The number of sulfone groups is 1. The molecule has 2 aliphatic rings. The monoisotopic (exact) mass is 459 g/mol. The van der Waals surface area contributed by atoms with Gasteiger partial charge in [0.2, 0.25) is 5.91 Å². The van der Waals surface area contributed by atoms with E-state index in [4.69, 9.17) is 5.10 Å². The lowest BCUT2D eigenvalue weighted by Gasteiger charge is -2.36. The minimum Gasteiger partial charge on any atom is -0.366 e. The molecule has 1 amide bonds. The second-order valence-corrected chi connectivity index (χ2v) is 11.1. The largest absolute Gasteiger partial charge is 0.366 e. The zero-order chi connectivity index (χ0) is 22.9. The molecular weight excluding hydrogens is 426 g/mol. The summed E-state index contributed by atoms with van der Waals surface area (Å²) in [6.07, 6.45) is 1.61. The molecule has 1 atom stereocenters. The SMILES string of the molecule is CCc1ccc(NC(=O)CN2CCN(c3c(C)nn(C4CCS(=O)(=O)C4)c3C)CC2)cc1. The Labute approximate surface area is 190 Å². The van der Waals surface area contributed by atoms with E-state index in [1.165, 1.54) is 5.56 Å². The van der Waals surface area contributed by atoms with Gasteiger partial charge in [0.25, 0.3) is 0 Å². The molecule has 2 aliphatic heterocycles. The number of amides is 1. The van der Waals surface area contributed by atoms with E-state index in [2.05, 4.69) is 22.0 Å². The molecule has 2 saturated heterocycles. The van der Waals surface area contributed by atoms with Crippen molar-refractivity contribution in [3.63, 3.8) is 0 Å². The van der Waals surface area contributed by atoms with Crippen molar-refractivity contribution in [3.8, 4) is 0 Å². The fourth-order valence-corrected chi connectivity index (χ4v) is 6.48. The molecule has 0 radical (unpaired) electrons. The van der Waals surface area contributed by atoms with Crippen molar-refractivity contribution in [2.24, 2.45) is 0 Å². The van der Waals surface area contributed by atoms with Crippen LogP contribution >= 0.6 is 0 Å². The molecule has 2 aromatic rings. The summed E-state index contributed by atoms with van der Waals surface area (Å²) >= 11 is 0. The fourth-order valence-electron chi connectivity index (χ4n) is 4.79. The maximum atomic E-state index is 12.5. The van der Waals surface area contributed by atoms with Gasteiger partial charge in [-0.25, -0.2) is 8.42 Å². The second-order valence-electron chi connectivity index (χ2n) is 8.88. The predicted octanol–water partition coefficient (Wildman–Crippen LogP) is 2.18. The Bertz CT molecular complexity index is 1070. The standard InChI is InChI=1S/C23H33N5O3S/c1-4-19-5-7-20(8-6-19)24-22(29)15-26-10-12-27(13-11-26)23-17(2)25-28(18(23)3)21-9-14-32(30,31)16-21/h5-8,21H,4,9-16H2,1-3H3,(H,24,29).